The highest BCUT2D eigenvalue weighted by Crippen LogP contribution is 2.27. The van der Waals surface area contributed by atoms with Gasteiger partial charge in [-0.1, -0.05) is 25.3 Å². The van der Waals surface area contributed by atoms with E-state index in [-0.39, 0.29) is 0 Å². The molecule has 2 fully saturated rings. The highest BCUT2D eigenvalue weighted by Gasteiger charge is 2.26. The van der Waals surface area contributed by atoms with E-state index < -0.39 is 0 Å². The maximum absolute atomic E-state index is 4.34. The van der Waals surface area contributed by atoms with E-state index in [1.807, 2.05) is 12.4 Å². The van der Waals surface area contributed by atoms with E-state index >= 15 is 0 Å². The highest BCUT2D eigenvalue weighted by atomic mass is 15.2. The molecule has 0 radical (unpaired) electrons. The topological polar surface area (TPSA) is 28.2 Å². The maximum atomic E-state index is 4.34. The molecule has 3 nitrogen and oxygen atoms in total. The fourth-order valence-electron chi connectivity index (χ4n) is 3.98. The first-order valence-corrected chi connectivity index (χ1v) is 8.67. The van der Waals surface area contributed by atoms with Gasteiger partial charge in [-0.25, -0.2) is 0 Å². The van der Waals surface area contributed by atoms with Gasteiger partial charge in [-0.05, 0) is 56.3 Å². The number of hydrogen-bond acceptors (Lipinski definition) is 3. The molecular weight excluding hydrogens is 258 g/mol. The average Bonchev–Trinajstić information content (AvgIpc) is 2.74. The van der Waals surface area contributed by atoms with Gasteiger partial charge in [0.2, 0.25) is 0 Å². The van der Waals surface area contributed by atoms with Crippen LogP contribution in [0.2, 0.25) is 0 Å². The lowest BCUT2D eigenvalue weighted by Crippen LogP contribution is -2.43. The molecule has 1 aliphatic carbocycles. The zero-order chi connectivity index (χ0) is 14.5. The minimum absolute atomic E-state index is 0.700. The summed E-state index contributed by atoms with van der Waals surface area (Å²) in [5.74, 6) is 0.898. The van der Waals surface area contributed by atoms with Gasteiger partial charge in [0.25, 0.3) is 0 Å². The zero-order valence-corrected chi connectivity index (χ0v) is 13.4. The van der Waals surface area contributed by atoms with Crippen LogP contribution in [-0.4, -0.2) is 35.6 Å². The first kappa shape index (κ1) is 15.0. The van der Waals surface area contributed by atoms with Crippen LogP contribution < -0.4 is 5.32 Å². The van der Waals surface area contributed by atoms with E-state index in [4.69, 9.17) is 0 Å². The lowest BCUT2D eigenvalue weighted by atomic mass is 9.83. The van der Waals surface area contributed by atoms with Crippen molar-refractivity contribution >= 4 is 0 Å². The number of aryl methyl sites for hydroxylation is 1. The summed E-state index contributed by atoms with van der Waals surface area (Å²) in [5, 5.41) is 3.82. The van der Waals surface area contributed by atoms with Gasteiger partial charge in [-0.3, -0.25) is 9.88 Å². The third kappa shape index (κ3) is 4.27. The summed E-state index contributed by atoms with van der Waals surface area (Å²) in [6.45, 7) is 6.79. The third-order valence-corrected chi connectivity index (χ3v) is 5.07. The van der Waals surface area contributed by atoms with Gasteiger partial charge in [0.1, 0.15) is 0 Å². The molecule has 0 amide bonds. The van der Waals surface area contributed by atoms with Gasteiger partial charge in [-0.15, -0.1) is 0 Å². The highest BCUT2D eigenvalue weighted by molar-refractivity contribution is 5.16. The second kappa shape index (κ2) is 7.37. The first-order valence-electron chi connectivity index (χ1n) is 8.67. The van der Waals surface area contributed by atoms with Crippen LogP contribution in [0.5, 0.6) is 0 Å². The molecule has 0 aromatic carbocycles. The van der Waals surface area contributed by atoms with Crippen LogP contribution in [0.4, 0.5) is 0 Å². The van der Waals surface area contributed by atoms with E-state index in [0.717, 1.165) is 12.5 Å². The molecule has 1 saturated carbocycles. The molecule has 116 valence electrons. The maximum Gasteiger partial charge on any atom is 0.0313 e. The van der Waals surface area contributed by atoms with Crippen molar-refractivity contribution in [1.29, 1.82) is 0 Å². The number of hydrogen-bond donors (Lipinski definition) is 1. The largest absolute Gasteiger partial charge is 0.312 e. The molecular formula is C18H29N3. The Morgan fingerprint density at radius 2 is 2.05 bits per heavy atom. The van der Waals surface area contributed by atoms with E-state index in [9.17, 15) is 0 Å². The van der Waals surface area contributed by atoms with Crippen molar-refractivity contribution in [3.63, 3.8) is 0 Å². The predicted molar refractivity (Wildman–Crippen MR) is 87.2 cm³/mol. The van der Waals surface area contributed by atoms with Crippen molar-refractivity contribution < 1.29 is 0 Å². The summed E-state index contributed by atoms with van der Waals surface area (Å²) >= 11 is 0. The summed E-state index contributed by atoms with van der Waals surface area (Å²) in [7, 11) is 0. The molecule has 0 bridgehead atoms. The van der Waals surface area contributed by atoms with Gasteiger partial charge in [-0.2, -0.15) is 0 Å². The summed E-state index contributed by atoms with van der Waals surface area (Å²) in [6, 6.07) is 2.98. The molecule has 1 atom stereocenters. The van der Waals surface area contributed by atoms with E-state index in [2.05, 4.69) is 28.2 Å². The van der Waals surface area contributed by atoms with Crippen molar-refractivity contribution in [2.24, 2.45) is 5.92 Å². The molecule has 1 unspecified atom stereocenters. The van der Waals surface area contributed by atoms with Crippen molar-refractivity contribution in [1.82, 2.24) is 15.2 Å². The molecule has 1 aliphatic heterocycles. The lowest BCUT2D eigenvalue weighted by Gasteiger charge is -2.33. The van der Waals surface area contributed by atoms with E-state index in [1.54, 1.807) is 0 Å². The Kier molecular flexibility index (Phi) is 5.26. The smallest absolute Gasteiger partial charge is 0.0313 e. The molecule has 0 spiro atoms. The minimum Gasteiger partial charge on any atom is -0.312 e. The van der Waals surface area contributed by atoms with Gasteiger partial charge in [0.15, 0.2) is 0 Å². The average molecular weight is 287 g/mol. The Bertz CT molecular complexity index is 440. The molecule has 1 saturated heterocycles. The van der Waals surface area contributed by atoms with Crippen LogP contribution in [0.25, 0.3) is 0 Å². The van der Waals surface area contributed by atoms with Crippen LogP contribution in [0.15, 0.2) is 18.5 Å². The quantitative estimate of drug-likeness (QED) is 0.926. The SMILES string of the molecule is Cc1cncc(CN2CCCNC(C3CCCCC3)C2)c1. The van der Waals surface area contributed by atoms with Crippen molar-refractivity contribution in [3.05, 3.63) is 29.6 Å². The Balaban J connectivity index is 1.61. The molecule has 3 heteroatoms. The van der Waals surface area contributed by atoms with Crippen LogP contribution in [0, 0.1) is 12.8 Å². The van der Waals surface area contributed by atoms with Gasteiger partial charge < -0.3 is 5.32 Å². The first-order chi connectivity index (χ1) is 10.3. The number of pyridine rings is 1. The van der Waals surface area contributed by atoms with Gasteiger partial charge in [0.05, 0.1) is 0 Å². The minimum atomic E-state index is 0.700. The Morgan fingerprint density at radius 1 is 1.19 bits per heavy atom. The zero-order valence-electron chi connectivity index (χ0n) is 13.4. The predicted octanol–water partition coefficient (Wildman–Crippen LogP) is 3.13. The standard InChI is InChI=1S/C18H29N3/c1-15-10-16(12-19-11-15)13-21-9-5-8-20-18(14-21)17-6-3-2-4-7-17/h10-12,17-18,20H,2-9,13-14H2,1H3. The van der Waals surface area contributed by atoms with Crippen LogP contribution in [-0.2, 0) is 6.54 Å². The van der Waals surface area contributed by atoms with E-state index in [1.165, 1.54) is 69.3 Å². The monoisotopic (exact) mass is 287 g/mol. The number of nitrogens with zero attached hydrogens (tertiary/aromatic N) is 2. The third-order valence-electron chi connectivity index (χ3n) is 5.07. The van der Waals surface area contributed by atoms with Gasteiger partial charge >= 0.3 is 0 Å². The molecule has 2 aliphatic rings. The molecule has 1 aromatic rings. The van der Waals surface area contributed by atoms with Crippen LogP contribution >= 0.6 is 0 Å². The van der Waals surface area contributed by atoms with Crippen LogP contribution in [0.3, 0.4) is 0 Å². The molecule has 3 rings (SSSR count). The number of nitrogens with one attached hydrogen (secondary N) is 1. The summed E-state index contributed by atoms with van der Waals surface area (Å²) in [5.41, 5.74) is 2.63. The molecule has 2 heterocycles. The summed E-state index contributed by atoms with van der Waals surface area (Å²) in [6.07, 6.45) is 12.4. The van der Waals surface area contributed by atoms with Crippen molar-refractivity contribution in [2.45, 2.75) is 58.0 Å². The normalized spacial score (nSPS) is 25.7. The molecule has 1 N–H and O–H groups in total. The fourth-order valence-corrected chi connectivity index (χ4v) is 3.98. The molecule has 21 heavy (non-hydrogen) atoms. The van der Waals surface area contributed by atoms with Crippen LogP contribution in [0.1, 0.15) is 49.7 Å². The number of rotatable bonds is 3. The summed E-state index contributed by atoms with van der Waals surface area (Å²) < 4.78 is 0. The number of aromatic nitrogens is 1. The second-order valence-electron chi connectivity index (χ2n) is 6.92. The van der Waals surface area contributed by atoms with Crippen molar-refractivity contribution in [2.75, 3.05) is 19.6 Å². The second-order valence-corrected chi connectivity index (χ2v) is 6.92. The Morgan fingerprint density at radius 3 is 2.86 bits per heavy atom. The van der Waals surface area contributed by atoms with E-state index in [0.29, 0.717) is 6.04 Å². The fraction of sp³-hybridized carbons (Fsp3) is 0.722. The Hall–Kier alpha value is -0.930. The summed E-state index contributed by atoms with van der Waals surface area (Å²) in [4.78, 5) is 6.97. The Labute approximate surface area is 129 Å². The van der Waals surface area contributed by atoms with Gasteiger partial charge in [0, 0.05) is 31.5 Å². The van der Waals surface area contributed by atoms with Crippen molar-refractivity contribution in [3.8, 4) is 0 Å². The lowest BCUT2D eigenvalue weighted by molar-refractivity contribution is 0.201. The molecule has 1 aromatic heterocycles.